The number of aryl methyl sites for hydroxylation is 1. The maximum absolute atomic E-state index is 13.1. The minimum Gasteiger partial charge on any atom is -0.507 e. The molecule has 2 aromatic rings. The summed E-state index contributed by atoms with van der Waals surface area (Å²) in [6.07, 6.45) is -7.45. The van der Waals surface area contributed by atoms with Crippen molar-refractivity contribution < 1.29 is 49.3 Å². The number of methoxy groups -OCH3 is 1. The first-order valence-corrected chi connectivity index (χ1v) is 9.80. The van der Waals surface area contributed by atoms with Crippen LogP contribution in [0.15, 0.2) is 24.3 Å². The number of carbonyl (C=O) groups is 2. The Hall–Kier alpha value is -3.02. The predicted molar refractivity (Wildman–Crippen MR) is 107 cm³/mol. The van der Waals surface area contributed by atoms with E-state index >= 15 is 0 Å². The minimum atomic E-state index is -1.64. The second kappa shape index (κ2) is 8.15. The molecule has 1 aliphatic heterocycles. The third-order valence-corrected chi connectivity index (χ3v) is 5.69. The lowest BCUT2D eigenvalue weighted by atomic mass is 9.82. The molecule has 5 N–H and O–H groups in total. The molecule has 1 aliphatic carbocycles. The fraction of sp³-hybridized carbons (Fsp3) is 0.364. The molecule has 170 valence electrons. The van der Waals surface area contributed by atoms with Gasteiger partial charge in [0.2, 0.25) is 6.29 Å². The number of aromatic hydroxyl groups is 1. The van der Waals surface area contributed by atoms with Gasteiger partial charge < -0.3 is 39.7 Å². The van der Waals surface area contributed by atoms with Crippen molar-refractivity contribution in [3.63, 3.8) is 0 Å². The van der Waals surface area contributed by atoms with Gasteiger partial charge in [-0.15, -0.1) is 0 Å². The Morgan fingerprint density at radius 1 is 0.938 bits per heavy atom. The van der Waals surface area contributed by atoms with Crippen LogP contribution in [0.25, 0.3) is 0 Å². The van der Waals surface area contributed by atoms with Gasteiger partial charge in [0.05, 0.1) is 19.3 Å². The van der Waals surface area contributed by atoms with Crippen LogP contribution in [0.3, 0.4) is 0 Å². The van der Waals surface area contributed by atoms with Crippen LogP contribution >= 0.6 is 0 Å². The van der Waals surface area contributed by atoms with Gasteiger partial charge in [0, 0.05) is 22.8 Å². The van der Waals surface area contributed by atoms with Crippen LogP contribution in [0.1, 0.15) is 37.4 Å². The summed E-state index contributed by atoms with van der Waals surface area (Å²) < 4.78 is 16.1. The largest absolute Gasteiger partial charge is 0.507 e. The SMILES string of the molecule is COc1cc(O)c2c(c1)C(=O)c1cc(C)c(O[C@H]3O[C@H](CO)[C@@H](O)[C@H](O)[C@H]3O)cc1C2=O. The van der Waals surface area contributed by atoms with Crippen molar-refractivity contribution in [2.75, 3.05) is 13.7 Å². The number of aliphatic hydroxyl groups excluding tert-OH is 4. The summed E-state index contributed by atoms with van der Waals surface area (Å²) in [5, 5.41) is 49.7. The average Bonchev–Trinajstić information content (AvgIpc) is 2.78. The molecular formula is C22H22O10. The third-order valence-electron chi connectivity index (χ3n) is 5.69. The molecular weight excluding hydrogens is 424 g/mol. The molecule has 0 amide bonds. The highest BCUT2D eigenvalue weighted by atomic mass is 16.7. The summed E-state index contributed by atoms with van der Waals surface area (Å²) in [6, 6.07) is 5.34. The molecule has 0 unspecified atom stereocenters. The molecule has 0 aromatic heterocycles. The van der Waals surface area contributed by atoms with Crippen molar-refractivity contribution in [1.82, 2.24) is 0 Å². The zero-order valence-electron chi connectivity index (χ0n) is 17.2. The van der Waals surface area contributed by atoms with Crippen molar-refractivity contribution in [3.8, 4) is 17.2 Å². The number of phenolic OH excluding ortho intramolecular Hbond substituents is 1. The first kappa shape index (κ1) is 22.2. The molecule has 5 atom stereocenters. The molecule has 1 heterocycles. The van der Waals surface area contributed by atoms with E-state index < -0.39 is 54.6 Å². The third kappa shape index (κ3) is 3.42. The number of ether oxygens (including phenoxy) is 3. The summed E-state index contributed by atoms with van der Waals surface area (Å²) in [4.78, 5) is 26.1. The molecule has 0 radical (unpaired) electrons. The Morgan fingerprint density at radius 2 is 1.62 bits per heavy atom. The summed E-state index contributed by atoms with van der Waals surface area (Å²) in [5.41, 5.74) is 0.367. The number of phenols is 1. The Morgan fingerprint density at radius 3 is 2.28 bits per heavy atom. The van der Waals surface area contributed by atoms with E-state index in [1.807, 2.05) is 0 Å². The Balaban J connectivity index is 1.72. The standard InChI is InChI=1S/C22H22O10/c1-8-3-10-11(18(26)16-12(17(10)25)4-9(30-2)5-13(16)24)6-14(8)31-22-21(29)20(28)19(27)15(7-23)32-22/h3-6,15,19-24,27-29H,7H2,1-2H3/t15-,19-,20+,21-,22+/m1/s1. The highest BCUT2D eigenvalue weighted by Gasteiger charge is 2.45. The first-order valence-electron chi connectivity index (χ1n) is 9.80. The lowest BCUT2D eigenvalue weighted by molar-refractivity contribution is -0.277. The zero-order chi connectivity index (χ0) is 23.3. The van der Waals surface area contributed by atoms with Crippen LogP contribution in [0, 0.1) is 6.92 Å². The zero-order valence-corrected chi connectivity index (χ0v) is 17.2. The molecule has 10 heteroatoms. The average molecular weight is 446 g/mol. The fourth-order valence-electron chi connectivity index (χ4n) is 3.90. The van der Waals surface area contributed by atoms with Gasteiger partial charge in [0.25, 0.3) is 0 Å². The normalized spacial score (nSPS) is 27.0. The Kier molecular flexibility index (Phi) is 5.65. The highest BCUT2D eigenvalue weighted by molar-refractivity contribution is 6.29. The second-order valence-electron chi connectivity index (χ2n) is 7.71. The monoisotopic (exact) mass is 446 g/mol. The number of ketones is 2. The van der Waals surface area contributed by atoms with E-state index in [0.717, 1.165) is 0 Å². The summed E-state index contributed by atoms with van der Waals surface area (Å²) in [7, 11) is 1.37. The number of carbonyl (C=O) groups excluding carboxylic acids is 2. The molecule has 4 rings (SSSR count). The van der Waals surface area contributed by atoms with E-state index in [1.54, 1.807) is 6.92 Å². The van der Waals surface area contributed by atoms with E-state index in [1.165, 1.54) is 31.4 Å². The lowest BCUT2D eigenvalue weighted by Gasteiger charge is -2.39. The number of benzene rings is 2. The van der Waals surface area contributed by atoms with Gasteiger partial charge in [-0.25, -0.2) is 0 Å². The van der Waals surface area contributed by atoms with Crippen LogP contribution in [0.4, 0.5) is 0 Å². The van der Waals surface area contributed by atoms with Crippen LogP contribution in [-0.4, -0.2) is 81.5 Å². The molecule has 0 saturated carbocycles. The molecule has 1 saturated heterocycles. The quantitative estimate of drug-likeness (QED) is 0.358. The van der Waals surface area contributed by atoms with Crippen molar-refractivity contribution in [2.24, 2.45) is 0 Å². The van der Waals surface area contributed by atoms with Crippen molar-refractivity contribution in [3.05, 3.63) is 52.1 Å². The molecule has 32 heavy (non-hydrogen) atoms. The Labute approximate surface area is 182 Å². The number of aliphatic hydroxyl groups is 4. The van der Waals surface area contributed by atoms with E-state index in [2.05, 4.69) is 0 Å². The molecule has 0 spiro atoms. The maximum Gasteiger partial charge on any atom is 0.229 e. The highest BCUT2D eigenvalue weighted by Crippen LogP contribution is 2.38. The van der Waals surface area contributed by atoms with Gasteiger partial charge in [0.15, 0.2) is 11.6 Å². The van der Waals surface area contributed by atoms with Crippen LogP contribution in [0.5, 0.6) is 17.2 Å². The summed E-state index contributed by atoms with van der Waals surface area (Å²) in [6.45, 7) is 0.983. The van der Waals surface area contributed by atoms with E-state index in [-0.39, 0.29) is 33.8 Å². The van der Waals surface area contributed by atoms with Gasteiger partial charge >= 0.3 is 0 Å². The topological polar surface area (TPSA) is 163 Å². The molecule has 2 aromatic carbocycles. The van der Waals surface area contributed by atoms with Gasteiger partial charge in [-0.1, -0.05) is 0 Å². The number of fused-ring (bicyclic) bond motifs is 2. The van der Waals surface area contributed by atoms with Gasteiger partial charge in [0.1, 0.15) is 41.7 Å². The molecule has 0 bridgehead atoms. The van der Waals surface area contributed by atoms with E-state index in [9.17, 15) is 35.1 Å². The van der Waals surface area contributed by atoms with Crippen molar-refractivity contribution in [2.45, 2.75) is 37.6 Å². The molecule has 2 aliphatic rings. The molecule has 10 nitrogen and oxygen atoms in total. The van der Waals surface area contributed by atoms with Gasteiger partial charge in [-0.3, -0.25) is 9.59 Å². The molecule has 1 fully saturated rings. The first-order chi connectivity index (χ1) is 15.2. The second-order valence-corrected chi connectivity index (χ2v) is 7.71. The van der Waals surface area contributed by atoms with Crippen molar-refractivity contribution in [1.29, 1.82) is 0 Å². The lowest BCUT2D eigenvalue weighted by Crippen LogP contribution is -2.60. The van der Waals surface area contributed by atoms with Crippen LogP contribution in [-0.2, 0) is 4.74 Å². The predicted octanol–water partition coefficient (Wildman–Crippen LogP) is -0.337. The number of rotatable bonds is 4. The van der Waals surface area contributed by atoms with Crippen LogP contribution < -0.4 is 9.47 Å². The van der Waals surface area contributed by atoms with Crippen LogP contribution in [0.2, 0.25) is 0 Å². The van der Waals surface area contributed by atoms with Gasteiger partial charge in [-0.2, -0.15) is 0 Å². The Bertz CT molecular complexity index is 1090. The number of hydrogen-bond acceptors (Lipinski definition) is 10. The maximum atomic E-state index is 13.1. The number of hydrogen-bond donors (Lipinski definition) is 5. The summed E-state index contributed by atoms with van der Waals surface area (Å²) in [5.74, 6) is -1.18. The van der Waals surface area contributed by atoms with E-state index in [4.69, 9.17) is 14.2 Å². The van der Waals surface area contributed by atoms with Gasteiger partial charge in [-0.05, 0) is 30.7 Å². The summed E-state index contributed by atoms with van der Waals surface area (Å²) >= 11 is 0. The minimum absolute atomic E-state index is 0.0151. The van der Waals surface area contributed by atoms with E-state index in [0.29, 0.717) is 5.56 Å². The van der Waals surface area contributed by atoms with Crippen molar-refractivity contribution >= 4 is 11.6 Å². The fourth-order valence-corrected chi connectivity index (χ4v) is 3.90. The smallest absolute Gasteiger partial charge is 0.229 e.